The van der Waals surface area contributed by atoms with Crippen LogP contribution in [0.4, 0.5) is 10.5 Å². The minimum Gasteiger partial charge on any atom is -0.320 e. The first-order valence-corrected chi connectivity index (χ1v) is 7.58. The van der Waals surface area contributed by atoms with Crippen LogP contribution < -0.4 is 10.6 Å². The lowest BCUT2D eigenvalue weighted by Crippen LogP contribution is -2.41. The number of urea groups is 1. The number of benzene rings is 2. The van der Waals surface area contributed by atoms with Gasteiger partial charge in [-0.25, -0.2) is 4.79 Å². The zero-order chi connectivity index (χ0) is 14.2. The quantitative estimate of drug-likeness (QED) is 0.844. The summed E-state index contributed by atoms with van der Waals surface area (Å²) in [6.07, 6.45) is 1.11. The molecular weight excluding hydrogens is 262 g/mol. The van der Waals surface area contributed by atoms with Gasteiger partial charge >= 0.3 is 6.03 Å². The van der Waals surface area contributed by atoms with Crippen LogP contribution in [0.15, 0.2) is 42.5 Å². The van der Waals surface area contributed by atoms with Crippen molar-refractivity contribution in [3.05, 3.63) is 42.5 Å². The second-order valence-electron chi connectivity index (χ2n) is 5.96. The van der Waals surface area contributed by atoms with Gasteiger partial charge in [-0.3, -0.25) is 0 Å². The summed E-state index contributed by atoms with van der Waals surface area (Å²) in [7, 11) is 0. The van der Waals surface area contributed by atoms with E-state index in [1.54, 1.807) is 0 Å². The van der Waals surface area contributed by atoms with Crippen molar-refractivity contribution in [3.8, 4) is 0 Å². The van der Waals surface area contributed by atoms with Gasteiger partial charge in [-0.15, -0.1) is 0 Å². The highest BCUT2D eigenvalue weighted by atomic mass is 16.2. The molecule has 2 aromatic carbocycles. The molecule has 0 spiro atoms. The van der Waals surface area contributed by atoms with Crippen molar-refractivity contribution in [3.63, 3.8) is 0 Å². The number of rotatable bonds is 1. The second-order valence-corrected chi connectivity index (χ2v) is 5.96. The summed E-state index contributed by atoms with van der Waals surface area (Å²) in [5.74, 6) is 0.632. The lowest BCUT2D eigenvalue weighted by molar-refractivity contribution is 0.206. The lowest BCUT2D eigenvalue weighted by Gasteiger charge is -2.23. The average Bonchev–Trinajstić information content (AvgIpc) is 3.09. The van der Waals surface area contributed by atoms with E-state index in [0.717, 1.165) is 37.1 Å². The summed E-state index contributed by atoms with van der Waals surface area (Å²) in [4.78, 5) is 14.5. The number of carbonyl (C=O) groups excluding carboxylic acids is 1. The van der Waals surface area contributed by atoms with E-state index in [0.29, 0.717) is 12.0 Å². The third-order valence-corrected chi connectivity index (χ3v) is 4.71. The Morgan fingerprint density at radius 2 is 2.00 bits per heavy atom. The van der Waals surface area contributed by atoms with Gasteiger partial charge in [-0.05, 0) is 35.2 Å². The Balaban J connectivity index is 1.52. The molecule has 4 heteroatoms. The Hall–Kier alpha value is -2.07. The number of carbonyl (C=O) groups is 1. The van der Waals surface area contributed by atoms with Gasteiger partial charge in [0.15, 0.2) is 0 Å². The molecular formula is C17H19N3O. The van der Waals surface area contributed by atoms with Gasteiger partial charge in [0, 0.05) is 31.4 Å². The Morgan fingerprint density at radius 1 is 1.14 bits per heavy atom. The monoisotopic (exact) mass is 281 g/mol. The molecule has 2 aliphatic rings. The largest absolute Gasteiger partial charge is 0.322 e. The van der Waals surface area contributed by atoms with E-state index >= 15 is 0 Å². The topological polar surface area (TPSA) is 44.4 Å². The SMILES string of the molecule is O=C(Nc1ccc2ccccc2c1)N1CCC2CNCC21. The smallest absolute Gasteiger partial charge is 0.320 e. The Bertz CT molecular complexity index is 685. The molecule has 4 nitrogen and oxygen atoms in total. The number of hydrogen-bond acceptors (Lipinski definition) is 2. The summed E-state index contributed by atoms with van der Waals surface area (Å²) in [6.45, 7) is 2.84. The molecule has 2 saturated heterocycles. The lowest BCUT2D eigenvalue weighted by atomic mass is 10.1. The van der Waals surface area contributed by atoms with Crippen molar-refractivity contribution < 1.29 is 4.79 Å². The molecule has 2 unspecified atom stereocenters. The number of hydrogen-bond donors (Lipinski definition) is 2. The third kappa shape index (κ3) is 2.25. The van der Waals surface area contributed by atoms with E-state index in [9.17, 15) is 4.79 Å². The molecule has 0 aromatic heterocycles. The molecule has 0 saturated carbocycles. The van der Waals surface area contributed by atoms with E-state index in [-0.39, 0.29) is 6.03 Å². The summed E-state index contributed by atoms with van der Waals surface area (Å²) in [6, 6.07) is 14.6. The van der Waals surface area contributed by atoms with Crippen LogP contribution in [-0.2, 0) is 0 Å². The van der Waals surface area contributed by atoms with E-state index in [1.807, 2.05) is 29.2 Å². The fraction of sp³-hybridized carbons (Fsp3) is 0.353. The van der Waals surface area contributed by atoms with Crippen LogP contribution >= 0.6 is 0 Å². The molecule has 0 bridgehead atoms. The Labute approximate surface area is 124 Å². The maximum Gasteiger partial charge on any atom is 0.322 e. The van der Waals surface area contributed by atoms with Gasteiger partial charge in [-0.2, -0.15) is 0 Å². The number of likely N-dealkylation sites (tertiary alicyclic amines) is 1. The van der Waals surface area contributed by atoms with Crippen LogP contribution in [0.5, 0.6) is 0 Å². The molecule has 2 atom stereocenters. The maximum atomic E-state index is 12.5. The zero-order valence-corrected chi connectivity index (χ0v) is 11.9. The van der Waals surface area contributed by atoms with Crippen molar-refractivity contribution in [1.82, 2.24) is 10.2 Å². The van der Waals surface area contributed by atoms with Crippen LogP contribution in [0.1, 0.15) is 6.42 Å². The molecule has 2 fully saturated rings. The predicted molar refractivity (Wildman–Crippen MR) is 84.4 cm³/mol. The molecule has 0 aliphatic carbocycles. The minimum absolute atomic E-state index is 0.0291. The molecule has 108 valence electrons. The average molecular weight is 281 g/mol. The Kier molecular flexibility index (Phi) is 3.04. The van der Waals surface area contributed by atoms with Crippen molar-refractivity contribution in [1.29, 1.82) is 0 Å². The van der Waals surface area contributed by atoms with Crippen molar-refractivity contribution in [2.24, 2.45) is 5.92 Å². The van der Waals surface area contributed by atoms with E-state index in [2.05, 4.69) is 28.8 Å². The highest BCUT2D eigenvalue weighted by molar-refractivity contribution is 5.93. The van der Waals surface area contributed by atoms with E-state index in [1.165, 1.54) is 5.39 Å². The van der Waals surface area contributed by atoms with Crippen molar-refractivity contribution >= 4 is 22.5 Å². The van der Waals surface area contributed by atoms with E-state index in [4.69, 9.17) is 0 Å². The van der Waals surface area contributed by atoms with Crippen LogP contribution in [0.3, 0.4) is 0 Å². The normalized spacial score (nSPS) is 24.3. The predicted octanol–water partition coefficient (Wildman–Crippen LogP) is 2.67. The van der Waals surface area contributed by atoms with E-state index < -0.39 is 0 Å². The summed E-state index contributed by atoms with van der Waals surface area (Å²) >= 11 is 0. The molecule has 2 aliphatic heterocycles. The minimum atomic E-state index is 0.0291. The van der Waals surface area contributed by atoms with Crippen LogP contribution in [0.2, 0.25) is 0 Å². The van der Waals surface area contributed by atoms with Gasteiger partial charge in [0.25, 0.3) is 0 Å². The van der Waals surface area contributed by atoms with Crippen molar-refractivity contribution in [2.75, 3.05) is 25.0 Å². The van der Waals surface area contributed by atoms with Crippen LogP contribution in [0.25, 0.3) is 10.8 Å². The molecule has 21 heavy (non-hydrogen) atoms. The van der Waals surface area contributed by atoms with Crippen molar-refractivity contribution in [2.45, 2.75) is 12.5 Å². The zero-order valence-electron chi connectivity index (χ0n) is 11.9. The highest BCUT2D eigenvalue weighted by Gasteiger charge is 2.39. The number of nitrogens with one attached hydrogen (secondary N) is 2. The molecule has 4 rings (SSSR count). The van der Waals surface area contributed by atoms with Crippen LogP contribution in [0, 0.1) is 5.92 Å². The molecule has 2 amide bonds. The molecule has 2 heterocycles. The van der Waals surface area contributed by atoms with Gasteiger partial charge in [0.2, 0.25) is 0 Å². The Morgan fingerprint density at radius 3 is 2.90 bits per heavy atom. The number of anilines is 1. The highest BCUT2D eigenvalue weighted by Crippen LogP contribution is 2.28. The first-order chi connectivity index (χ1) is 10.3. The first-order valence-electron chi connectivity index (χ1n) is 7.58. The number of amides is 2. The van der Waals surface area contributed by atoms with Gasteiger partial charge in [-0.1, -0.05) is 30.3 Å². The number of nitrogens with zero attached hydrogens (tertiary/aromatic N) is 1. The fourth-order valence-corrected chi connectivity index (χ4v) is 3.56. The first kappa shape index (κ1) is 12.7. The van der Waals surface area contributed by atoms with Gasteiger partial charge < -0.3 is 15.5 Å². The van der Waals surface area contributed by atoms with Crippen LogP contribution in [-0.4, -0.2) is 36.6 Å². The van der Waals surface area contributed by atoms with Gasteiger partial charge in [0.1, 0.15) is 0 Å². The molecule has 2 aromatic rings. The standard InChI is InChI=1S/C17H19N3O/c21-17(20-8-7-14-10-18-11-16(14)20)19-15-6-5-12-3-1-2-4-13(12)9-15/h1-6,9,14,16,18H,7-8,10-11H2,(H,19,21). The summed E-state index contributed by atoms with van der Waals surface area (Å²) < 4.78 is 0. The molecule has 2 N–H and O–H groups in total. The molecule has 0 radical (unpaired) electrons. The maximum absolute atomic E-state index is 12.5. The second kappa shape index (κ2) is 5.04. The number of fused-ring (bicyclic) bond motifs is 2. The van der Waals surface area contributed by atoms with Gasteiger partial charge in [0.05, 0.1) is 0 Å². The fourth-order valence-electron chi connectivity index (χ4n) is 3.56. The summed E-state index contributed by atoms with van der Waals surface area (Å²) in [5.41, 5.74) is 0.869. The summed E-state index contributed by atoms with van der Waals surface area (Å²) in [5, 5.41) is 8.76. The third-order valence-electron chi connectivity index (χ3n) is 4.71.